The van der Waals surface area contributed by atoms with Gasteiger partial charge in [-0.25, -0.2) is 15.0 Å². The zero-order valence-corrected chi connectivity index (χ0v) is 24.3. The van der Waals surface area contributed by atoms with Crippen LogP contribution in [-0.4, -0.2) is 24.5 Å². The topological polar surface area (TPSA) is 80.3 Å². The normalized spacial score (nSPS) is 15.1. The molecule has 0 saturated heterocycles. The van der Waals surface area contributed by atoms with Crippen molar-refractivity contribution in [2.45, 2.75) is 39.0 Å². The molecule has 3 aromatic heterocycles. The molecule has 206 valence electrons. The van der Waals surface area contributed by atoms with E-state index in [1.54, 1.807) is 12.1 Å². The van der Waals surface area contributed by atoms with Gasteiger partial charge in [-0.15, -0.1) is 0 Å². The van der Waals surface area contributed by atoms with E-state index in [4.69, 9.17) is 19.9 Å². The third kappa shape index (κ3) is 3.85. The first-order valence-electron chi connectivity index (χ1n) is 14.6. The second kappa shape index (κ2) is 9.30. The first kappa shape index (κ1) is 25.3. The van der Waals surface area contributed by atoms with Crippen LogP contribution < -0.4 is 0 Å². The van der Waals surface area contributed by atoms with Crippen molar-refractivity contribution in [3.05, 3.63) is 113 Å². The third-order valence-electron chi connectivity index (χ3n) is 8.81. The summed E-state index contributed by atoms with van der Waals surface area (Å²) in [6.45, 7) is 6.71. The van der Waals surface area contributed by atoms with Gasteiger partial charge in [0, 0.05) is 39.4 Å². The Morgan fingerprint density at radius 3 is 2.14 bits per heavy atom. The first-order chi connectivity index (χ1) is 20.9. The van der Waals surface area contributed by atoms with Crippen LogP contribution in [0, 0.1) is 18.3 Å². The third-order valence-corrected chi connectivity index (χ3v) is 8.81. The molecule has 0 amide bonds. The molecule has 6 nitrogen and oxygen atoms in total. The van der Waals surface area contributed by atoms with Gasteiger partial charge in [-0.2, -0.15) is 5.26 Å². The van der Waals surface area contributed by atoms with Gasteiger partial charge in [-0.05, 0) is 79.4 Å². The lowest BCUT2D eigenvalue weighted by molar-refractivity contribution is 0.623. The number of benzene rings is 3. The highest BCUT2D eigenvalue weighted by atomic mass is 15.0. The molecule has 0 radical (unpaired) electrons. The molecule has 0 fully saturated rings. The van der Waals surface area contributed by atoms with E-state index in [2.05, 4.69) is 73.9 Å². The molecule has 2 aliphatic rings. The maximum Gasteiger partial charge on any atom is 0.164 e. The van der Waals surface area contributed by atoms with E-state index in [9.17, 15) is 5.26 Å². The van der Waals surface area contributed by atoms with Gasteiger partial charge in [0.2, 0.25) is 0 Å². The summed E-state index contributed by atoms with van der Waals surface area (Å²) in [5, 5.41) is 10.4. The van der Waals surface area contributed by atoms with E-state index in [1.807, 2.05) is 36.5 Å². The number of rotatable bonds is 3. The number of aromatic nitrogens is 5. The van der Waals surface area contributed by atoms with Crippen molar-refractivity contribution in [3.8, 4) is 40.2 Å². The minimum atomic E-state index is -0.215. The first-order valence-corrected chi connectivity index (χ1v) is 14.6. The van der Waals surface area contributed by atoms with Crippen LogP contribution in [0.5, 0.6) is 0 Å². The maximum absolute atomic E-state index is 9.33. The summed E-state index contributed by atoms with van der Waals surface area (Å²) in [5.74, 6) is 1.78. The molecule has 4 heterocycles. The highest BCUT2D eigenvalue weighted by Gasteiger charge is 2.38. The van der Waals surface area contributed by atoms with Gasteiger partial charge < -0.3 is 4.57 Å². The molecule has 0 atom stereocenters. The predicted octanol–water partition coefficient (Wildman–Crippen LogP) is 8.41. The summed E-state index contributed by atoms with van der Waals surface area (Å²) < 4.78 is 2.40. The molecule has 1 aliphatic heterocycles. The van der Waals surface area contributed by atoms with Gasteiger partial charge in [0.05, 0.1) is 28.2 Å². The second-order valence-corrected chi connectivity index (χ2v) is 11.9. The summed E-state index contributed by atoms with van der Waals surface area (Å²) in [6, 6.07) is 26.5. The van der Waals surface area contributed by atoms with E-state index < -0.39 is 0 Å². The molecule has 8 rings (SSSR count). The van der Waals surface area contributed by atoms with Crippen molar-refractivity contribution >= 4 is 27.6 Å². The van der Waals surface area contributed by atoms with Crippen molar-refractivity contribution in [2.24, 2.45) is 0 Å². The zero-order valence-electron chi connectivity index (χ0n) is 24.3. The van der Waals surface area contributed by atoms with E-state index in [0.29, 0.717) is 23.0 Å². The Kier molecular flexibility index (Phi) is 5.48. The maximum atomic E-state index is 9.33. The van der Waals surface area contributed by atoms with Crippen LogP contribution in [0.4, 0.5) is 0 Å². The Morgan fingerprint density at radius 2 is 1.44 bits per heavy atom. The average molecular weight is 557 g/mol. The molecule has 43 heavy (non-hydrogen) atoms. The SMILES string of the molecule is Cc1ccc(-c2nc(-c3ccc(C#N)cc3)nc(-c3cc4c5c(c3)c3ncccc3n5C3=CCCC=C3C4(C)C)n2)cc1. The largest absolute Gasteiger partial charge is 0.307 e. The molecular formula is C37H28N6. The number of fused-ring (bicyclic) bond motifs is 5. The van der Waals surface area contributed by atoms with Gasteiger partial charge in [-0.1, -0.05) is 55.8 Å². The standard InChI is InChI=1S/C37H28N6/c1-22-10-14-24(15-11-22)34-40-35(25-16-12-23(21-38)13-17-25)42-36(41-34)26-19-27-32-31(9-6-18-39-32)43-30-8-5-4-7-28(30)37(2,3)29(20-26)33(27)43/h6-20H,4-5H2,1-3H3. The Balaban J connectivity index is 1.42. The molecule has 6 aromatic rings. The van der Waals surface area contributed by atoms with E-state index in [1.165, 1.54) is 27.9 Å². The highest BCUT2D eigenvalue weighted by molar-refractivity contribution is 6.13. The Hall–Kier alpha value is -5.41. The van der Waals surface area contributed by atoms with Crippen LogP contribution in [0.25, 0.3) is 61.8 Å². The van der Waals surface area contributed by atoms with Crippen molar-refractivity contribution in [1.29, 1.82) is 5.26 Å². The lowest BCUT2D eigenvalue weighted by Crippen LogP contribution is -2.29. The molecule has 3 aromatic carbocycles. The lowest BCUT2D eigenvalue weighted by atomic mass is 9.71. The predicted molar refractivity (Wildman–Crippen MR) is 171 cm³/mol. The van der Waals surface area contributed by atoms with Gasteiger partial charge in [0.25, 0.3) is 0 Å². The number of hydrogen-bond donors (Lipinski definition) is 0. The van der Waals surface area contributed by atoms with E-state index in [-0.39, 0.29) is 5.41 Å². The quantitative estimate of drug-likeness (QED) is 0.219. The molecular weight excluding hydrogens is 528 g/mol. The van der Waals surface area contributed by atoms with Crippen LogP contribution in [0.2, 0.25) is 0 Å². The number of allylic oxidation sites excluding steroid dienone is 4. The van der Waals surface area contributed by atoms with Crippen molar-refractivity contribution in [2.75, 3.05) is 0 Å². The Morgan fingerprint density at radius 1 is 0.791 bits per heavy atom. The summed E-state index contributed by atoms with van der Waals surface area (Å²) in [7, 11) is 0. The Labute approximate surface area is 249 Å². The Bertz CT molecular complexity index is 2210. The molecule has 0 saturated carbocycles. The van der Waals surface area contributed by atoms with Crippen LogP contribution in [0.15, 0.2) is 96.7 Å². The molecule has 0 bridgehead atoms. The van der Waals surface area contributed by atoms with Crippen molar-refractivity contribution in [1.82, 2.24) is 24.5 Å². The fourth-order valence-electron chi connectivity index (χ4n) is 6.57. The van der Waals surface area contributed by atoms with Gasteiger partial charge in [-0.3, -0.25) is 4.98 Å². The van der Waals surface area contributed by atoms with Gasteiger partial charge in [0.1, 0.15) is 0 Å². The number of nitriles is 1. The van der Waals surface area contributed by atoms with E-state index in [0.717, 1.165) is 46.0 Å². The average Bonchev–Trinajstić information content (AvgIpc) is 3.38. The van der Waals surface area contributed by atoms with Gasteiger partial charge in [0.15, 0.2) is 17.5 Å². The summed E-state index contributed by atoms with van der Waals surface area (Å²) in [5.41, 5.74) is 11.4. The summed E-state index contributed by atoms with van der Waals surface area (Å²) in [6.07, 6.45) is 8.73. The van der Waals surface area contributed by atoms with Gasteiger partial charge >= 0.3 is 0 Å². The van der Waals surface area contributed by atoms with Crippen LogP contribution in [0.3, 0.4) is 0 Å². The van der Waals surface area contributed by atoms with Crippen LogP contribution in [0.1, 0.15) is 43.4 Å². The number of pyridine rings is 1. The van der Waals surface area contributed by atoms with Crippen molar-refractivity contribution in [3.63, 3.8) is 0 Å². The minimum Gasteiger partial charge on any atom is -0.307 e. The van der Waals surface area contributed by atoms with Crippen molar-refractivity contribution < 1.29 is 0 Å². The highest BCUT2D eigenvalue weighted by Crippen LogP contribution is 2.51. The smallest absolute Gasteiger partial charge is 0.164 e. The fourth-order valence-corrected chi connectivity index (χ4v) is 6.57. The van der Waals surface area contributed by atoms with E-state index >= 15 is 0 Å². The minimum absolute atomic E-state index is 0.215. The monoisotopic (exact) mass is 556 g/mol. The molecule has 6 heteroatoms. The number of nitrogens with zero attached hydrogens (tertiary/aromatic N) is 6. The van der Waals surface area contributed by atoms with Crippen LogP contribution in [-0.2, 0) is 5.41 Å². The van der Waals surface area contributed by atoms with Crippen LogP contribution >= 0.6 is 0 Å². The molecule has 0 unspecified atom stereocenters. The fraction of sp³-hybridized carbons (Fsp3) is 0.162. The molecule has 0 spiro atoms. The molecule has 1 aliphatic carbocycles. The second-order valence-electron chi connectivity index (χ2n) is 11.9. The summed E-state index contributed by atoms with van der Waals surface area (Å²) >= 11 is 0. The number of aryl methyl sites for hydroxylation is 1. The number of hydrogen-bond acceptors (Lipinski definition) is 5. The zero-order chi connectivity index (χ0) is 29.3. The summed E-state index contributed by atoms with van der Waals surface area (Å²) in [4.78, 5) is 19.9. The molecule has 0 N–H and O–H groups in total. The lowest BCUT2D eigenvalue weighted by Gasteiger charge is -2.38.